The molecule has 4 heteroatoms. The lowest BCUT2D eigenvalue weighted by atomic mass is 10.3. The molecule has 0 radical (unpaired) electrons. The van der Waals surface area contributed by atoms with E-state index in [0.717, 1.165) is 12.8 Å². The van der Waals surface area contributed by atoms with Gasteiger partial charge in [-0.1, -0.05) is 0 Å². The van der Waals surface area contributed by atoms with Crippen LogP contribution in [-0.2, 0) is 4.84 Å². The normalized spacial score (nSPS) is 10.5. The Morgan fingerprint density at radius 1 is 1.38 bits per heavy atom. The topological polar surface area (TPSA) is 87.3 Å². The van der Waals surface area contributed by atoms with E-state index in [-0.39, 0.29) is 6.17 Å². The molecule has 0 aliphatic rings. The van der Waals surface area contributed by atoms with Crippen LogP contribution in [0.2, 0.25) is 0 Å². The zero-order chi connectivity index (χ0) is 6.41. The number of hydrogen-bond donors (Lipinski definition) is 3. The van der Waals surface area contributed by atoms with Crippen molar-refractivity contribution in [3.63, 3.8) is 0 Å². The van der Waals surface area contributed by atoms with Gasteiger partial charge in [0, 0.05) is 0 Å². The van der Waals surface area contributed by atoms with Gasteiger partial charge in [0.15, 0.2) is 0 Å². The zero-order valence-corrected chi connectivity index (χ0v) is 4.84. The van der Waals surface area contributed by atoms with Crippen LogP contribution in [0.15, 0.2) is 0 Å². The fourth-order valence-corrected chi connectivity index (χ4v) is 0.402. The average molecular weight is 119 g/mol. The van der Waals surface area contributed by atoms with Crippen molar-refractivity contribution < 1.29 is 4.84 Å². The number of hydrogen-bond acceptors (Lipinski definition) is 4. The molecule has 0 aliphatic heterocycles. The van der Waals surface area contributed by atoms with Gasteiger partial charge in [0.2, 0.25) is 0 Å². The van der Waals surface area contributed by atoms with Crippen LogP contribution in [0.5, 0.6) is 0 Å². The van der Waals surface area contributed by atoms with Gasteiger partial charge in [0.1, 0.15) is 0 Å². The Kier molecular flexibility index (Phi) is 4.89. The van der Waals surface area contributed by atoms with E-state index < -0.39 is 0 Å². The van der Waals surface area contributed by atoms with Gasteiger partial charge in [-0.2, -0.15) is 0 Å². The Labute approximate surface area is 48.9 Å². The van der Waals surface area contributed by atoms with Gasteiger partial charge in [-0.05, 0) is 12.8 Å². The van der Waals surface area contributed by atoms with Gasteiger partial charge < -0.3 is 16.3 Å². The minimum atomic E-state index is -0.231. The third kappa shape index (κ3) is 5.84. The standard InChI is InChI=1S/C4H13N3O/c5-4(6)2-1-3-8-7/h4H,1-3,5-7H2. The molecule has 0 aromatic heterocycles. The smallest absolute Gasteiger partial charge is 0.0680 e. The Bertz CT molecular complexity index is 48.5. The largest absolute Gasteiger partial charge is 0.316 e. The first-order valence-electron chi connectivity index (χ1n) is 2.60. The van der Waals surface area contributed by atoms with Gasteiger partial charge in [-0.15, -0.1) is 0 Å². The van der Waals surface area contributed by atoms with Crippen molar-refractivity contribution >= 4 is 0 Å². The third-order valence-electron chi connectivity index (χ3n) is 0.800. The summed E-state index contributed by atoms with van der Waals surface area (Å²) >= 11 is 0. The van der Waals surface area contributed by atoms with Gasteiger partial charge in [0.25, 0.3) is 0 Å². The van der Waals surface area contributed by atoms with Crippen molar-refractivity contribution in [2.45, 2.75) is 19.0 Å². The molecule has 0 fully saturated rings. The second-order valence-corrected chi connectivity index (χ2v) is 1.68. The quantitative estimate of drug-likeness (QED) is 0.249. The Balaban J connectivity index is 2.72. The van der Waals surface area contributed by atoms with Gasteiger partial charge in [0.05, 0.1) is 12.8 Å². The van der Waals surface area contributed by atoms with Crippen molar-refractivity contribution in [3.8, 4) is 0 Å². The SMILES string of the molecule is NOCCCC(N)N. The molecule has 0 aliphatic carbocycles. The minimum Gasteiger partial charge on any atom is -0.316 e. The van der Waals surface area contributed by atoms with Crippen molar-refractivity contribution in [1.29, 1.82) is 0 Å². The molecule has 6 N–H and O–H groups in total. The molecule has 0 amide bonds. The van der Waals surface area contributed by atoms with Crippen LogP contribution in [0.25, 0.3) is 0 Å². The summed E-state index contributed by atoms with van der Waals surface area (Å²) < 4.78 is 0. The van der Waals surface area contributed by atoms with Crippen LogP contribution in [0.3, 0.4) is 0 Å². The maximum absolute atomic E-state index is 5.21. The van der Waals surface area contributed by atoms with Gasteiger partial charge >= 0.3 is 0 Å². The van der Waals surface area contributed by atoms with Crippen molar-refractivity contribution in [3.05, 3.63) is 0 Å². The van der Waals surface area contributed by atoms with E-state index in [2.05, 4.69) is 4.84 Å². The van der Waals surface area contributed by atoms with Gasteiger partial charge in [-0.25, -0.2) is 5.90 Å². The molecule has 0 saturated carbocycles. The summed E-state index contributed by atoms with van der Waals surface area (Å²) in [7, 11) is 0. The molecule has 0 saturated heterocycles. The zero-order valence-electron chi connectivity index (χ0n) is 4.84. The van der Waals surface area contributed by atoms with Crippen LogP contribution >= 0.6 is 0 Å². The molecule has 0 aromatic rings. The first-order chi connectivity index (χ1) is 3.77. The molecule has 8 heavy (non-hydrogen) atoms. The summed E-state index contributed by atoms with van der Waals surface area (Å²) in [6, 6.07) is 0. The Hall–Kier alpha value is -0.160. The van der Waals surface area contributed by atoms with E-state index in [4.69, 9.17) is 17.4 Å². The fourth-order valence-electron chi connectivity index (χ4n) is 0.402. The highest BCUT2D eigenvalue weighted by molar-refractivity contribution is 4.48. The monoisotopic (exact) mass is 119 g/mol. The van der Waals surface area contributed by atoms with Crippen molar-refractivity contribution in [2.24, 2.45) is 17.4 Å². The van der Waals surface area contributed by atoms with Gasteiger partial charge in [-0.3, -0.25) is 0 Å². The molecule has 50 valence electrons. The highest BCUT2D eigenvalue weighted by Crippen LogP contribution is 1.86. The molecule has 0 atom stereocenters. The van der Waals surface area contributed by atoms with E-state index in [0.29, 0.717) is 6.61 Å². The Morgan fingerprint density at radius 3 is 2.38 bits per heavy atom. The number of nitrogens with two attached hydrogens (primary N) is 3. The summed E-state index contributed by atoms with van der Waals surface area (Å²) in [6.07, 6.45) is 1.36. The lowest BCUT2D eigenvalue weighted by molar-refractivity contribution is 0.132. The van der Waals surface area contributed by atoms with Crippen molar-refractivity contribution in [2.75, 3.05) is 6.61 Å². The summed E-state index contributed by atoms with van der Waals surface area (Å²) in [6.45, 7) is 0.533. The first kappa shape index (κ1) is 7.84. The lowest BCUT2D eigenvalue weighted by Gasteiger charge is -2.01. The average Bonchev–Trinajstić information content (AvgIpc) is 1.66. The summed E-state index contributed by atoms with van der Waals surface area (Å²) in [5.74, 6) is 4.73. The van der Waals surface area contributed by atoms with E-state index in [1.807, 2.05) is 0 Å². The molecule has 0 heterocycles. The van der Waals surface area contributed by atoms with E-state index >= 15 is 0 Å². The van der Waals surface area contributed by atoms with Crippen LogP contribution < -0.4 is 17.4 Å². The summed E-state index contributed by atoms with van der Waals surface area (Å²) in [5, 5.41) is 0. The molecule has 0 rings (SSSR count). The predicted molar refractivity (Wildman–Crippen MR) is 31.5 cm³/mol. The molecule has 0 bridgehead atoms. The second kappa shape index (κ2) is 4.99. The predicted octanol–water partition coefficient (Wildman–Crippen LogP) is -1.10. The van der Waals surface area contributed by atoms with E-state index in [1.54, 1.807) is 0 Å². The maximum Gasteiger partial charge on any atom is 0.0680 e. The van der Waals surface area contributed by atoms with Crippen LogP contribution in [0.4, 0.5) is 0 Å². The molecular weight excluding hydrogens is 106 g/mol. The van der Waals surface area contributed by atoms with Crippen LogP contribution in [-0.4, -0.2) is 12.8 Å². The summed E-state index contributed by atoms with van der Waals surface area (Å²) in [4.78, 5) is 4.28. The van der Waals surface area contributed by atoms with Crippen LogP contribution in [0.1, 0.15) is 12.8 Å². The Morgan fingerprint density at radius 2 is 2.00 bits per heavy atom. The van der Waals surface area contributed by atoms with Crippen LogP contribution in [0, 0.1) is 0 Å². The first-order valence-corrected chi connectivity index (χ1v) is 2.60. The fraction of sp³-hybridized carbons (Fsp3) is 1.00. The molecular formula is C4H13N3O. The van der Waals surface area contributed by atoms with Crippen molar-refractivity contribution in [1.82, 2.24) is 0 Å². The maximum atomic E-state index is 5.21. The van der Waals surface area contributed by atoms with E-state index in [9.17, 15) is 0 Å². The molecule has 0 spiro atoms. The van der Waals surface area contributed by atoms with E-state index in [1.165, 1.54) is 0 Å². The second-order valence-electron chi connectivity index (χ2n) is 1.68. The minimum absolute atomic E-state index is 0.231. The lowest BCUT2D eigenvalue weighted by Crippen LogP contribution is -2.30. The highest BCUT2D eigenvalue weighted by Gasteiger charge is 1.91. The third-order valence-corrected chi connectivity index (χ3v) is 0.800. The molecule has 0 unspecified atom stereocenters. The highest BCUT2D eigenvalue weighted by atomic mass is 16.6. The molecule has 0 aromatic carbocycles. The molecule has 4 nitrogen and oxygen atoms in total. The summed E-state index contributed by atoms with van der Waals surface area (Å²) in [5.41, 5.74) is 10.4. The number of rotatable bonds is 4.